The smallest absolute Gasteiger partial charge is 0.256 e. The molecule has 0 spiro atoms. The molecule has 0 aliphatic carbocycles. The molecule has 0 radical (unpaired) electrons. The number of thioether (sulfide) groups is 1. The Morgan fingerprint density at radius 1 is 1.28 bits per heavy atom. The van der Waals surface area contributed by atoms with E-state index in [0.29, 0.717) is 11.3 Å². The first kappa shape index (κ1) is 20.6. The Bertz CT molecular complexity index is 982. The average molecular weight is 493 g/mol. The summed E-state index contributed by atoms with van der Waals surface area (Å²) in [4.78, 5) is 23.2. The van der Waals surface area contributed by atoms with E-state index >= 15 is 0 Å². The number of pyridine rings is 1. The van der Waals surface area contributed by atoms with Gasteiger partial charge in [-0.2, -0.15) is 0 Å². The fraction of sp³-hybridized carbons (Fsp3) is 0.350. The summed E-state index contributed by atoms with van der Waals surface area (Å²) in [5, 5.41) is 4.75. The van der Waals surface area contributed by atoms with Crippen molar-refractivity contribution in [1.82, 2.24) is 19.9 Å². The minimum Gasteiger partial charge on any atom is -0.361 e. The Morgan fingerprint density at radius 3 is 2.79 bits per heavy atom. The Kier molecular flexibility index (Phi) is 6.69. The van der Waals surface area contributed by atoms with Crippen LogP contribution in [0.25, 0.3) is 0 Å². The van der Waals surface area contributed by atoms with Gasteiger partial charge in [-0.1, -0.05) is 16.9 Å². The van der Waals surface area contributed by atoms with E-state index in [9.17, 15) is 4.79 Å². The number of carbonyl (C=O) groups is 1. The van der Waals surface area contributed by atoms with E-state index in [2.05, 4.69) is 43.1 Å². The number of amides is 1. The van der Waals surface area contributed by atoms with Gasteiger partial charge in [-0.3, -0.25) is 9.69 Å². The first-order chi connectivity index (χ1) is 14.1. The average Bonchev–Trinajstić information content (AvgIpc) is 3.34. The van der Waals surface area contributed by atoms with Crippen molar-refractivity contribution in [3.63, 3.8) is 0 Å². The van der Waals surface area contributed by atoms with Crippen LogP contribution in [0.1, 0.15) is 26.7 Å². The Labute approximate surface area is 186 Å². The fourth-order valence-corrected chi connectivity index (χ4v) is 5.63. The molecule has 0 unspecified atom stereocenters. The summed E-state index contributed by atoms with van der Waals surface area (Å²) >= 11 is 6.80. The molecular formula is C20H21BrN4O2S2. The summed E-state index contributed by atoms with van der Waals surface area (Å²) < 4.78 is 6.27. The predicted octanol–water partition coefficient (Wildman–Crippen LogP) is 4.45. The maximum atomic E-state index is 13.1. The number of aromatic nitrogens is 2. The molecule has 0 N–H and O–H groups in total. The summed E-state index contributed by atoms with van der Waals surface area (Å²) in [6.45, 7) is 6.02. The van der Waals surface area contributed by atoms with Crippen molar-refractivity contribution < 1.29 is 9.32 Å². The molecule has 1 amide bonds. The summed E-state index contributed by atoms with van der Waals surface area (Å²) in [7, 11) is 0. The van der Waals surface area contributed by atoms with Gasteiger partial charge in [0, 0.05) is 55.6 Å². The number of carbonyl (C=O) groups excluding carboxylic acids is 1. The molecule has 3 aromatic rings. The zero-order chi connectivity index (χ0) is 20.2. The Morgan fingerprint density at radius 2 is 2.10 bits per heavy atom. The monoisotopic (exact) mass is 492 g/mol. The van der Waals surface area contributed by atoms with Crippen LogP contribution in [0.5, 0.6) is 0 Å². The van der Waals surface area contributed by atoms with Crippen LogP contribution >= 0.6 is 39.0 Å². The minimum absolute atomic E-state index is 0.0513. The number of piperazine rings is 1. The highest BCUT2D eigenvalue weighted by molar-refractivity contribution is 9.11. The van der Waals surface area contributed by atoms with Crippen molar-refractivity contribution in [2.75, 3.05) is 26.2 Å². The molecule has 3 aromatic heterocycles. The maximum absolute atomic E-state index is 13.1. The van der Waals surface area contributed by atoms with E-state index in [0.717, 1.165) is 53.0 Å². The van der Waals surface area contributed by atoms with Crippen LogP contribution in [0.4, 0.5) is 0 Å². The SMILES string of the molecule is Cc1cc(CSc2ncccc2C(=O)N2CCN(Cc3ccc(Br)s3)CC2)no1. The maximum Gasteiger partial charge on any atom is 0.256 e. The first-order valence-electron chi connectivity index (χ1n) is 9.34. The van der Waals surface area contributed by atoms with Gasteiger partial charge in [-0.25, -0.2) is 4.98 Å². The molecule has 1 saturated heterocycles. The van der Waals surface area contributed by atoms with E-state index in [1.54, 1.807) is 17.5 Å². The van der Waals surface area contributed by atoms with Crippen molar-refractivity contribution in [3.05, 3.63) is 62.2 Å². The van der Waals surface area contributed by atoms with Gasteiger partial charge < -0.3 is 9.42 Å². The molecule has 152 valence electrons. The van der Waals surface area contributed by atoms with Crippen molar-refractivity contribution in [2.45, 2.75) is 24.2 Å². The molecule has 9 heteroatoms. The standard InChI is InChI=1S/C20H21BrN4O2S2/c1-14-11-15(23-27-14)13-28-19-17(3-2-6-22-19)20(26)25-9-7-24(8-10-25)12-16-4-5-18(21)29-16/h2-6,11H,7-10,12-13H2,1H3. The van der Waals surface area contributed by atoms with Crippen LogP contribution in [0.2, 0.25) is 0 Å². The normalized spacial score (nSPS) is 15.0. The summed E-state index contributed by atoms with van der Waals surface area (Å²) in [5.74, 6) is 1.46. The molecule has 1 aliphatic rings. The molecule has 6 nitrogen and oxygen atoms in total. The zero-order valence-electron chi connectivity index (χ0n) is 16.0. The molecule has 0 saturated carbocycles. The molecule has 4 rings (SSSR count). The van der Waals surface area contributed by atoms with E-state index in [1.165, 1.54) is 16.6 Å². The predicted molar refractivity (Wildman–Crippen MR) is 118 cm³/mol. The molecular weight excluding hydrogens is 472 g/mol. The van der Waals surface area contributed by atoms with Crippen LogP contribution < -0.4 is 0 Å². The molecule has 1 aliphatic heterocycles. The van der Waals surface area contributed by atoms with E-state index in [-0.39, 0.29) is 5.91 Å². The lowest BCUT2D eigenvalue weighted by atomic mass is 10.2. The van der Waals surface area contributed by atoms with Gasteiger partial charge in [0.1, 0.15) is 10.8 Å². The first-order valence-corrected chi connectivity index (χ1v) is 11.9. The minimum atomic E-state index is 0.0513. The van der Waals surface area contributed by atoms with Gasteiger partial charge >= 0.3 is 0 Å². The number of rotatable bonds is 6. The van der Waals surface area contributed by atoms with Gasteiger partial charge in [0.15, 0.2) is 0 Å². The zero-order valence-corrected chi connectivity index (χ0v) is 19.2. The van der Waals surface area contributed by atoms with Gasteiger partial charge in [-0.05, 0) is 47.1 Å². The van der Waals surface area contributed by atoms with Gasteiger partial charge in [0.25, 0.3) is 5.91 Å². The largest absolute Gasteiger partial charge is 0.361 e. The third-order valence-corrected chi connectivity index (χ3v) is 7.35. The molecule has 0 bridgehead atoms. The van der Waals surface area contributed by atoms with Crippen LogP contribution in [0.3, 0.4) is 0 Å². The van der Waals surface area contributed by atoms with Gasteiger partial charge in [-0.15, -0.1) is 11.3 Å². The lowest BCUT2D eigenvalue weighted by molar-refractivity contribution is 0.0625. The lowest BCUT2D eigenvalue weighted by Crippen LogP contribution is -2.48. The van der Waals surface area contributed by atoms with Crippen molar-refractivity contribution in [1.29, 1.82) is 0 Å². The molecule has 0 atom stereocenters. The summed E-state index contributed by atoms with van der Waals surface area (Å²) in [6, 6.07) is 9.83. The number of nitrogens with zero attached hydrogens (tertiary/aromatic N) is 4. The number of halogens is 1. The lowest BCUT2D eigenvalue weighted by Gasteiger charge is -2.34. The second-order valence-corrected chi connectivity index (χ2v) is 10.4. The third-order valence-electron chi connectivity index (χ3n) is 4.70. The highest BCUT2D eigenvalue weighted by Crippen LogP contribution is 2.26. The summed E-state index contributed by atoms with van der Waals surface area (Å²) in [6.07, 6.45) is 1.73. The molecule has 1 fully saturated rings. The fourth-order valence-electron chi connectivity index (χ4n) is 3.23. The van der Waals surface area contributed by atoms with Crippen LogP contribution in [0, 0.1) is 6.92 Å². The van der Waals surface area contributed by atoms with Gasteiger partial charge in [0.05, 0.1) is 15.0 Å². The Balaban J connectivity index is 1.36. The number of thiophene rings is 1. The number of hydrogen-bond acceptors (Lipinski definition) is 7. The third kappa shape index (κ3) is 5.28. The number of hydrogen-bond donors (Lipinski definition) is 0. The topological polar surface area (TPSA) is 62.5 Å². The van der Waals surface area contributed by atoms with Crippen molar-refractivity contribution in [2.24, 2.45) is 0 Å². The van der Waals surface area contributed by atoms with Gasteiger partial charge in [0.2, 0.25) is 0 Å². The summed E-state index contributed by atoms with van der Waals surface area (Å²) in [5.41, 5.74) is 1.51. The van der Waals surface area contributed by atoms with Crippen molar-refractivity contribution in [3.8, 4) is 0 Å². The quantitative estimate of drug-likeness (QED) is 0.473. The van der Waals surface area contributed by atoms with Crippen LogP contribution in [-0.2, 0) is 12.3 Å². The van der Waals surface area contributed by atoms with Crippen molar-refractivity contribution >= 4 is 44.9 Å². The number of aryl methyl sites for hydroxylation is 1. The van der Waals surface area contributed by atoms with E-state index < -0.39 is 0 Å². The molecule has 29 heavy (non-hydrogen) atoms. The van der Waals surface area contributed by atoms with E-state index in [1.807, 2.05) is 30.0 Å². The highest BCUT2D eigenvalue weighted by Gasteiger charge is 2.24. The second kappa shape index (κ2) is 9.42. The molecule has 0 aromatic carbocycles. The Hall–Kier alpha value is -1.68. The van der Waals surface area contributed by atoms with E-state index in [4.69, 9.17) is 4.52 Å². The second-order valence-electron chi connectivity index (χ2n) is 6.85. The molecule has 4 heterocycles. The van der Waals surface area contributed by atoms with Crippen LogP contribution in [0.15, 0.2) is 49.9 Å². The highest BCUT2D eigenvalue weighted by atomic mass is 79.9. The van der Waals surface area contributed by atoms with Crippen LogP contribution in [-0.4, -0.2) is 52.0 Å².